The van der Waals surface area contributed by atoms with Crippen molar-refractivity contribution in [2.75, 3.05) is 6.54 Å². The van der Waals surface area contributed by atoms with Crippen molar-refractivity contribution in [3.05, 3.63) is 11.8 Å². The first-order chi connectivity index (χ1) is 4.74. The second kappa shape index (κ2) is 2.86. The van der Waals surface area contributed by atoms with E-state index in [0.717, 1.165) is 13.0 Å². The van der Waals surface area contributed by atoms with Crippen LogP contribution in [-0.2, 0) is 4.79 Å². The smallest absolute Gasteiger partial charge is 0.226 e. The molecule has 0 atom stereocenters. The van der Waals surface area contributed by atoms with Gasteiger partial charge in [-0.05, 0) is 20.3 Å². The molecule has 0 aliphatic carbocycles. The molecule has 1 aliphatic heterocycles. The van der Waals surface area contributed by atoms with E-state index in [1.165, 1.54) is 5.57 Å². The summed E-state index contributed by atoms with van der Waals surface area (Å²) in [5, 5.41) is 0. The standard InChI is InChI=1S/C8H13NO/c1-3-9-6-7(2)4-5-8(9)10/h6H,3-5H2,1-2H3. The van der Waals surface area contributed by atoms with Gasteiger partial charge in [0.2, 0.25) is 5.91 Å². The Labute approximate surface area is 61.5 Å². The summed E-state index contributed by atoms with van der Waals surface area (Å²) < 4.78 is 0. The third-order valence-corrected chi connectivity index (χ3v) is 1.77. The van der Waals surface area contributed by atoms with Crippen molar-refractivity contribution in [1.82, 2.24) is 4.90 Å². The maximum absolute atomic E-state index is 11.1. The first-order valence-corrected chi connectivity index (χ1v) is 3.71. The lowest BCUT2D eigenvalue weighted by atomic mass is 10.1. The van der Waals surface area contributed by atoms with Crippen molar-refractivity contribution in [3.8, 4) is 0 Å². The number of amides is 1. The van der Waals surface area contributed by atoms with Gasteiger partial charge in [-0.3, -0.25) is 4.79 Å². The fourth-order valence-electron chi connectivity index (χ4n) is 1.12. The first kappa shape index (κ1) is 7.32. The normalized spacial score (nSPS) is 19.2. The lowest BCUT2D eigenvalue weighted by molar-refractivity contribution is -0.129. The van der Waals surface area contributed by atoms with E-state index in [9.17, 15) is 4.79 Å². The van der Waals surface area contributed by atoms with Gasteiger partial charge in [0.25, 0.3) is 0 Å². The van der Waals surface area contributed by atoms with Crippen molar-refractivity contribution in [1.29, 1.82) is 0 Å². The quantitative estimate of drug-likeness (QED) is 0.539. The van der Waals surface area contributed by atoms with E-state index in [4.69, 9.17) is 0 Å². The lowest BCUT2D eigenvalue weighted by Gasteiger charge is -2.21. The van der Waals surface area contributed by atoms with Crippen LogP contribution in [0.3, 0.4) is 0 Å². The van der Waals surface area contributed by atoms with Crippen LogP contribution in [0.1, 0.15) is 26.7 Å². The van der Waals surface area contributed by atoms with Gasteiger partial charge in [0.1, 0.15) is 0 Å². The van der Waals surface area contributed by atoms with Crippen LogP contribution in [0, 0.1) is 0 Å². The molecular weight excluding hydrogens is 126 g/mol. The second-order valence-corrected chi connectivity index (χ2v) is 2.66. The molecule has 2 nitrogen and oxygen atoms in total. The molecule has 0 aromatic heterocycles. The lowest BCUT2D eigenvalue weighted by Crippen LogP contribution is -2.28. The van der Waals surface area contributed by atoms with E-state index in [1.54, 1.807) is 4.90 Å². The van der Waals surface area contributed by atoms with E-state index >= 15 is 0 Å². The zero-order chi connectivity index (χ0) is 7.56. The van der Waals surface area contributed by atoms with Crippen LogP contribution in [0.4, 0.5) is 0 Å². The fourth-order valence-corrected chi connectivity index (χ4v) is 1.12. The number of rotatable bonds is 1. The predicted octanol–water partition coefficient (Wildman–Crippen LogP) is 1.53. The molecule has 1 amide bonds. The molecule has 0 spiro atoms. The number of nitrogens with zero attached hydrogens (tertiary/aromatic N) is 1. The van der Waals surface area contributed by atoms with Gasteiger partial charge in [-0.2, -0.15) is 0 Å². The predicted molar refractivity (Wildman–Crippen MR) is 40.4 cm³/mol. The van der Waals surface area contributed by atoms with Gasteiger partial charge in [-0.25, -0.2) is 0 Å². The number of allylic oxidation sites excluding steroid dienone is 1. The van der Waals surface area contributed by atoms with E-state index in [1.807, 2.05) is 13.1 Å². The van der Waals surface area contributed by atoms with Crippen molar-refractivity contribution in [2.45, 2.75) is 26.7 Å². The molecule has 10 heavy (non-hydrogen) atoms. The number of hydrogen-bond donors (Lipinski definition) is 0. The molecule has 0 saturated heterocycles. The molecule has 1 aliphatic rings. The summed E-state index contributed by atoms with van der Waals surface area (Å²) in [5.74, 6) is 0.258. The average molecular weight is 139 g/mol. The van der Waals surface area contributed by atoms with Crippen molar-refractivity contribution in [3.63, 3.8) is 0 Å². The van der Waals surface area contributed by atoms with E-state index in [2.05, 4.69) is 6.92 Å². The van der Waals surface area contributed by atoms with Gasteiger partial charge in [0.15, 0.2) is 0 Å². The fraction of sp³-hybridized carbons (Fsp3) is 0.625. The van der Waals surface area contributed by atoms with Gasteiger partial charge in [0.05, 0.1) is 0 Å². The third-order valence-electron chi connectivity index (χ3n) is 1.77. The van der Waals surface area contributed by atoms with Crippen LogP contribution in [-0.4, -0.2) is 17.4 Å². The minimum absolute atomic E-state index is 0.258. The molecule has 0 radical (unpaired) electrons. The maximum atomic E-state index is 11.1. The van der Waals surface area contributed by atoms with Crippen LogP contribution in [0.15, 0.2) is 11.8 Å². The van der Waals surface area contributed by atoms with Crippen molar-refractivity contribution in [2.24, 2.45) is 0 Å². The second-order valence-electron chi connectivity index (χ2n) is 2.66. The topological polar surface area (TPSA) is 20.3 Å². The Hall–Kier alpha value is -0.790. The van der Waals surface area contributed by atoms with E-state index in [-0.39, 0.29) is 5.91 Å². The van der Waals surface area contributed by atoms with Gasteiger partial charge in [0, 0.05) is 19.2 Å². The summed E-state index contributed by atoms with van der Waals surface area (Å²) in [6, 6.07) is 0. The Morgan fingerprint density at radius 1 is 1.60 bits per heavy atom. The Morgan fingerprint density at radius 2 is 2.30 bits per heavy atom. The highest BCUT2D eigenvalue weighted by Gasteiger charge is 2.13. The highest BCUT2D eigenvalue weighted by molar-refractivity contribution is 5.78. The van der Waals surface area contributed by atoms with E-state index in [0.29, 0.717) is 6.42 Å². The molecule has 56 valence electrons. The van der Waals surface area contributed by atoms with Gasteiger partial charge in [-0.15, -0.1) is 0 Å². The minimum Gasteiger partial charge on any atom is -0.319 e. The van der Waals surface area contributed by atoms with Crippen LogP contribution in [0.25, 0.3) is 0 Å². The SMILES string of the molecule is CCN1C=C(C)CCC1=O. The summed E-state index contributed by atoms with van der Waals surface area (Å²) in [6.07, 6.45) is 3.58. The summed E-state index contributed by atoms with van der Waals surface area (Å²) in [6.45, 7) is 4.86. The van der Waals surface area contributed by atoms with Crippen LogP contribution in [0.2, 0.25) is 0 Å². The summed E-state index contributed by atoms with van der Waals surface area (Å²) in [5.41, 5.74) is 1.31. The molecular formula is C8H13NO. The number of carbonyl (C=O) groups excluding carboxylic acids is 1. The van der Waals surface area contributed by atoms with E-state index < -0.39 is 0 Å². The molecule has 0 fully saturated rings. The Bertz CT molecular complexity index is 172. The summed E-state index contributed by atoms with van der Waals surface area (Å²) >= 11 is 0. The zero-order valence-electron chi connectivity index (χ0n) is 6.55. The number of hydrogen-bond acceptors (Lipinski definition) is 1. The van der Waals surface area contributed by atoms with Gasteiger partial charge in [-0.1, -0.05) is 5.57 Å². The molecule has 0 unspecified atom stereocenters. The summed E-state index contributed by atoms with van der Waals surface area (Å²) in [7, 11) is 0. The third kappa shape index (κ3) is 1.38. The van der Waals surface area contributed by atoms with Crippen LogP contribution >= 0.6 is 0 Å². The highest BCUT2D eigenvalue weighted by atomic mass is 16.2. The van der Waals surface area contributed by atoms with Crippen molar-refractivity contribution < 1.29 is 4.79 Å². The molecule has 0 bridgehead atoms. The minimum atomic E-state index is 0.258. The van der Waals surface area contributed by atoms with Crippen LogP contribution in [0.5, 0.6) is 0 Å². The molecule has 1 heterocycles. The van der Waals surface area contributed by atoms with Gasteiger partial charge >= 0.3 is 0 Å². The molecule has 0 aromatic carbocycles. The highest BCUT2D eigenvalue weighted by Crippen LogP contribution is 2.13. The van der Waals surface area contributed by atoms with Gasteiger partial charge < -0.3 is 4.90 Å². The Kier molecular flexibility index (Phi) is 2.10. The molecule has 1 rings (SSSR count). The molecule has 0 saturated carbocycles. The average Bonchev–Trinajstić information content (AvgIpc) is 1.94. The largest absolute Gasteiger partial charge is 0.319 e. The Balaban J connectivity index is 2.68. The Morgan fingerprint density at radius 3 is 2.80 bits per heavy atom. The monoisotopic (exact) mass is 139 g/mol. The zero-order valence-corrected chi connectivity index (χ0v) is 6.55. The van der Waals surface area contributed by atoms with Crippen molar-refractivity contribution >= 4 is 5.91 Å². The maximum Gasteiger partial charge on any atom is 0.226 e. The summed E-state index contributed by atoms with van der Waals surface area (Å²) in [4.78, 5) is 12.8. The molecule has 2 heteroatoms. The molecule has 0 aromatic rings. The molecule has 0 N–H and O–H groups in total. The first-order valence-electron chi connectivity index (χ1n) is 3.71. The number of carbonyl (C=O) groups is 1. The van der Waals surface area contributed by atoms with Crippen LogP contribution < -0.4 is 0 Å².